The monoisotopic (exact) mass is 480 g/mol. The molecule has 1 amide bonds. The Kier molecular flexibility index (Phi) is 8.17. The molecule has 0 bridgehead atoms. The van der Waals surface area contributed by atoms with Crippen molar-refractivity contribution in [1.82, 2.24) is 4.98 Å². The summed E-state index contributed by atoms with van der Waals surface area (Å²) in [7, 11) is 1.21. The van der Waals surface area contributed by atoms with Crippen LogP contribution in [-0.2, 0) is 9.53 Å². The fourth-order valence-corrected chi connectivity index (χ4v) is 3.55. The lowest BCUT2D eigenvalue weighted by atomic mass is 9.97. The first kappa shape index (κ1) is 24.7. The minimum absolute atomic E-state index is 0.0474. The number of carbonyl (C=O) groups excluding carboxylic acids is 2. The largest absolute Gasteiger partial charge is 0.465 e. The third-order valence-corrected chi connectivity index (χ3v) is 5.42. The van der Waals surface area contributed by atoms with Gasteiger partial charge >= 0.3 is 5.97 Å². The summed E-state index contributed by atoms with van der Waals surface area (Å²) in [5.74, 6) is -1.36. The molecule has 2 aromatic carbocycles. The second-order valence-electron chi connectivity index (χ2n) is 7.36. The van der Waals surface area contributed by atoms with Crippen LogP contribution in [0.3, 0.4) is 0 Å². The van der Waals surface area contributed by atoms with Crippen LogP contribution in [0.2, 0.25) is 5.02 Å². The first-order chi connectivity index (χ1) is 16.3. The number of benzene rings is 2. The van der Waals surface area contributed by atoms with Gasteiger partial charge in [0.25, 0.3) is 0 Å². The number of pyridine rings is 1. The Labute approximate surface area is 201 Å². The van der Waals surface area contributed by atoms with Crippen LogP contribution in [0.1, 0.15) is 41.7 Å². The maximum absolute atomic E-state index is 14.3. The van der Waals surface area contributed by atoms with Gasteiger partial charge < -0.3 is 15.4 Å². The van der Waals surface area contributed by atoms with Gasteiger partial charge in [0.2, 0.25) is 5.91 Å². The summed E-state index contributed by atoms with van der Waals surface area (Å²) in [6.45, 7) is 1.90. The van der Waals surface area contributed by atoms with Crippen LogP contribution in [0.4, 0.5) is 15.9 Å². The van der Waals surface area contributed by atoms with Gasteiger partial charge in [-0.05, 0) is 35.7 Å². The van der Waals surface area contributed by atoms with E-state index in [-0.39, 0.29) is 30.4 Å². The minimum Gasteiger partial charge on any atom is -0.465 e. The highest BCUT2D eigenvalue weighted by molar-refractivity contribution is 6.34. The number of amides is 1. The maximum Gasteiger partial charge on any atom is 0.341 e. The van der Waals surface area contributed by atoms with Crippen LogP contribution in [0.15, 0.2) is 54.7 Å². The molecule has 1 aromatic heterocycles. The van der Waals surface area contributed by atoms with Crippen LogP contribution in [-0.4, -0.2) is 24.0 Å². The minimum atomic E-state index is -0.747. The van der Waals surface area contributed by atoms with Crippen molar-refractivity contribution < 1.29 is 18.7 Å². The molecule has 0 aliphatic heterocycles. The van der Waals surface area contributed by atoms with E-state index < -0.39 is 11.8 Å². The van der Waals surface area contributed by atoms with Crippen LogP contribution in [0.5, 0.6) is 0 Å². The number of hydrogen-bond donors (Lipinski definition) is 2. The molecule has 0 fully saturated rings. The molecule has 0 radical (unpaired) electrons. The SMILES string of the molecule is COC(=O)c1c(F)cccc1-c1ccc(C(C)Nc2nccc(Cl)c2NC(=O)CCC#N)cc1. The highest BCUT2D eigenvalue weighted by Crippen LogP contribution is 2.32. The van der Waals surface area contributed by atoms with Crippen LogP contribution < -0.4 is 10.6 Å². The van der Waals surface area contributed by atoms with Crippen molar-refractivity contribution in [2.24, 2.45) is 0 Å². The lowest BCUT2D eigenvalue weighted by molar-refractivity contribution is -0.116. The van der Waals surface area contributed by atoms with Gasteiger partial charge in [0.05, 0.1) is 24.2 Å². The summed E-state index contributed by atoms with van der Waals surface area (Å²) in [5, 5.41) is 14.9. The molecule has 9 heteroatoms. The van der Waals surface area contributed by atoms with Gasteiger partial charge in [0.15, 0.2) is 5.82 Å². The fourth-order valence-electron chi connectivity index (χ4n) is 3.35. The first-order valence-electron chi connectivity index (χ1n) is 10.4. The number of anilines is 2. The highest BCUT2D eigenvalue weighted by Gasteiger charge is 2.19. The number of rotatable bonds is 8. The van der Waals surface area contributed by atoms with E-state index in [4.69, 9.17) is 21.6 Å². The quantitative estimate of drug-likeness (QED) is 0.398. The van der Waals surface area contributed by atoms with Gasteiger partial charge in [0, 0.05) is 19.0 Å². The molecule has 34 heavy (non-hydrogen) atoms. The standard InChI is InChI=1S/C25H22ClFN4O3/c1-15(30-24-23(19(26)12-14-29-24)31-21(32)7-4-13-28)16-8-10-17(11-9-16)18-5-3-6-20(27)22(18)25(33)34-2/h3,5-6,8-12,14-15H,4,7H2,1-2H3,(H,29,30)(H,31,32). The molecule has 0 spiro atoms. The molecule has 7 nitrogen and oxygen atoms in total. The van der Waals surface area contributed by atoms with Crippen molar-refractivity contribution >= 4 is 35.0 Å². The van der Waals surface area contributed by atoms with Crippen molar-refractivity contribution in [3.05, 3.63) is 76.7 Å². The molecule has 0 aliphatic rings. The highest BCUT2D eigenvalue weighted by atomic mass is 35.5. The second-order valence-corrected chi connectivity index (χ2v) is 7.77. The van der Waals surface area contributed by atoms with Gasteiger partial charge in [-0.25, -0.2) is 14.2 Å². The topological polar surface area (TPSA) is 104 Å². The van der Waals surface area contributed by atoms with Gasteiger partial charge in [-0.3, -0.25) is 4.79 Å². The number of esters is 1. The molecule has 2 N–H and O–H groups in total. The number of ether oxygens (including phenoxy) is 1. The van der Waals surface area contributed by atoms with E-state index in [0.29, 0.717) is 27.7 Å². The number of carbonyl (C=O) groups is 2. The van der Waals surface area contributed by atoms with Gasteiger partial charge in [-0.1, -0.05) is 48.0 Å². The van der Waals surface area contributed by atoms with E-state index >= 15 is 0 Å². The van der Waals surface area contributed by atoms with E-state index in [9.17, 15) is 14.0 Å². The number of methoxy groups -OCH3 is 1. The average Bonchev–Trinajstić information content (AvgIpc) is 2.84. The first-order valence-corrected chi connectivity index (χ1v) is 10.8. The number of aromatic nitrogens is 1. The Balaban J connectivity index is 1.82. The predicted molar refractivity (Wildman–Crippen MR) is 128 cm³/mol. The molecular weight excluding hydrogens is 459 g/mol. The van der Waals surface area contributed by atoms with E-state index in [1.165, 1.54) is 25.4 Å². The van der Waals surface area contributed by atoms with Gasteiger partial charge in [0.1, 0.15) is 17.1 Å². The predicted octanol–water partition coefficient (Wildman–Crippen LogP) is 5.74. The van der Waals surface area contributed by atoms with Crippen molar-refractivity contribution in [3.63, 3.8) is 0 Å². The average molecular weight is 481 g/mol. The number of halogens is 2. The van der Waals surface area contributed by atoms with Crippen LogP contribution in [0.25, 0.3) is 11.1 Å². The Bertz CT molecular complexity index is 1240. The maximum atomic E-state index is 14.3. The third-order valence-electron chi connectivity index (χ3n) is 5.11. The summed E-state index contributed by atoms with van der Waals surface area (Å²) in [6.07, 6.45) is 1.66. The Morgan fingerprint density at radius 1 is 1.21 bits per heavy atom. The van der Waals surface area contributed by atoms with Crippen LogP contribution >= 0.6 is 11.6 Å². The fraction of sp³-hybridized carbons (Fsp3) is 0.200. The van der Waals surface area contributed by atoms with E-state index in [1.54, 1.807) is 24.3 Å². The normalized spacial score (nSPS) is 11.3. The number of nitriles is 1. The summed E-state index contributed by atoms with van der Waals surface area (Å²) < 4.78 is 19.0. The van der Waals surface area contributed by atoms with Crippen molar-refractivity contribution in [1.29, 1.82) is 5.26 Å². The molecular formula is C25H22ClFN4O3. The Morgan fingerprint density at radius 3 is 2.62 bits per heavy atom. The van der Waals surface area contributed by atoms with Gasteiger partial charge in [-0.2, -0.15) is 5.26 Å². The lowest BCUT2D eigenvalue weighted by Gasteiger charge is -2.19. The van der Waals surface area contributed by atoms with Crippen molar-refractivity contribution in [2.45, 2.75) is 25.8 Å². The van der Waals surface area contributed by atoms with Crippen molar-refractivity contribution in [2.75, 3.05) is 17.7 Å². The van der Waals surface area contributed by atoms with Crippen LogP contribution in [0, 0.1) is 17.1 Å². The molecule has 1 heterocycles. The van der Waals surface area contributed by atoms with Gasteiger partial charge in [-0.15, -0.1) is 0 Å². The molecule has 1 atom stereocenters. The zero-order valence-corrected chi connectivity index (χ0v) is 19.3. The number of nitrogens with zero attached hydrogens (tertiary/aromatic N) is 2. The second kappa shape index (κ2) is 11.3. The molecule has 3 rings (SSSR count). The molecule has 174 valence electrons. The van der Waals surface area contributed by atoms with E-state index in [2.05, 4.69) is 15.6 Å². The zero-order chi connectivity index (χ0) is 24.7. The Hall–Kier alpha value is -3.96. The summed E-state index contributed by atoms with van der Waals surface area (Å²) in [5.41, 5.74) is 2.17. The number of nitrogens with one attached hydrogen (secondary N) is 2. The number of hydrogen-bond acceptors (Lipinski definition) is 6. The lowest BCUT2D eigenvalue weighted by Crippen LogP contribution is -2.15. The smallest absolute Gasteiger partial charge is 0.341 e. The van der Waals surface area contributed by atoms with Crippen molar-refractivity contribution in [3.8, 4) is 17.2 Å². The summed E-state index contributed by atoms with van der Waals surface area (Å²) in [4.78, 5) is 28.4. The zero-order valence-electron chi connectivity index (χ0n) is 18.6. The molecule has 1 unspecified atom stereocenters. The molecule has 0 saturated heterocycles. The Morgan fingerprint density at radius 2 is 1.94 bits per heavy atom. The summed E-state index contributed by atoms with van der Waals surface area (Å²) >= 11 is 6.26. The molecule has 0 aliphatic carbocycles. The molecule has 0 saturated carbocycles. The van der Waals surface area contributed by atoms with E-state index in [0.717, 1.165) is 5.56 Å². The summed E-state index contributed by atoms with van der Waals surface area (Å²) in [6, 6.07) is 14.9. The third kappa shape index (κ3) is 5.69. The molecule has 3 aromatic rings. The van der Waals surface area contributed by atoms with E-state index in [1.807, 2.05) is 25.1 Å².